The molecule has 0 rings (SSSR count). The lowest BCUT2D eigenvalue weighted by molar-refractivity contribution is -0.156. The van der Waals surface area contributed by atoms with Crippen molar-refractivity contribution in [3.63, 3.8) is 0 Å². The Kier molecular flexibility index (Phi) is 7.82. The number of esters is 1. The minimum atomic E-state index is -4.56. The predicted molar refractivity (Wildman–Crippen MR) is 80.7 cm³/mol. The smallest absolute Gasteiger partial charge is 0.456 e. The van der Waals surface area contributed by atoms with Gasteiger partial charge in [0.2, 0.25) is 0 Å². The van der Waals surface area contributed by atoms with Crippen LogP contribution >= 0.6 is 7.82 Å². The zero-order chi connectivity index (χ0) is 16.7. The second kappa shape index (κ2) is 8.08. The highest BCUT2D eigenvalue weighted by Crippen LogP contribution is 2.45. The Morgan fingerprint density at radius 1 is 1.19 bits per heavy atom. The minimum Gasteiger partial charge on any atom is -0.456 e. The third kappa shape index (κ3) is 7.23. The Hall–Kier alpha value is -0.680. The summed E-state index contributed by atoms with van der Waals surface area (Å²) in [5.41, 5.74) is -1.63. The van der Waals surface area contributed by atoms with Crippen molar-refractivity contribution in [3.05, 3.63) is 12.7 Å². The van der Waals surface area contributed by atoms with Gasteiger partial charge in [0.25, 0.3) is 0 Å². The monoisotopic (exact) mass is 322 g/mol. The molecule has 1 atom stereocenters. The molecule has 124 valence electrons. The molecule has 0 radical (unpaired) electrons. The first-order chi connectivity index (χ1) is 9.55. The first kappa shape index (κ1) is 20.3. The summed E-state index contributed by atoms with van der Waals surface area (Å²) in [6.45, 7) is 10.7. The maximum absolute atomic E-state index is 11.5. The summed E-state index contributed by atoms with van der Waals surface area (Å²) in [5.74, 6) is -0.493. The molecule has 6 nitrogen and oxygen atoms in total. The van der Waals surface area contributed by atoms with E-state index >= 15 is 0 Å². The maximum Gasteiger partial charge on any atom is 0.470 e. The lowest BCUT2D eigenvalue weighted by Gasteiger charge is -2.36. The summed E-state index contributed by atoms with van der Waals surface area (Å²) >= 11 is 0. The molecule has 0 fully saturated rings. The Morgan fingerprint density at radius 3 is 2.05 bits per heavy atom. The van der Waals surface area contributed by atoms with Gasteiger partial charge in [0.15, 0.2) is 0 Å². The van der Waals surface area contributed by atoms with E-state index in [4.69, 9.17) is 19.0 Å². The Bertz CT molecular complexity index is 398. The van der Waals surface area contributed by atoms with E-state index in [0.717, 1.165) is 6.08 Å². The van der Waals surface area contributed by atoms with Gasteiger partial charge < -0.3 is 14.5 Å². The Morgan fingerprint density at radius 2 is 1.71 bits per heavy atom. The third-order valence-electron chi connectivity index (χ3n) is 3.97. The second-order valence-corrected chi connectivity index (χ2v) is 6.56. The molecule has 2 N–H and O–H groups in total. The van der Waals surface area contributed by atoms with Crippen LogP contribution in [0.1, 0.15) is 59.8 Å². The summed E-state index contributed by atoms with van der Waals surface area (Å²) in [6, 6.07) is 0. The van der Waals surface area contributed by atoms with Gasteiger partial charge in [-0.2, -0.15) is 0 Å². The first-order valence-electron chi connectivity index (χ1n) is 7.17. The SMILES string of the molecule is C=CC(=O)OC(CC)(CC)CCC(C)(CC)OP(=O)(O)O. The number of hydrogen-bond acceptors (Lipinski definition) is 4. The van der Waals surface area contributed by atoms with Crippen LogP contribution < -0.4 is 0 Å². The molecule has 0 spiro atoms. The van der Waals surface area contributed by atoms with E-state index in [1.54, 1.807) is 13.8 Å². The number of phosphoric ester groups is 1. The average Bonchev–Trinajstić information content (AvgIpc) is 2.41. The molecule has 0 heterocycles. The van der Waals surface area contributed by atoms with Crippen LogP contribution in [-0.2, 0) is 18.6 Å². The normalized spacial score (nSPS) is 15.3. The number of hydrogen-bond donors (Lipinski definition) is 2. The van der Waals surface area contributed by atoms with Crippen molar-refractivity contribution in [2.45, 2.75) is 71.0 Å². The van der Waals surface area contributed by atoms with Crippen molar-refractivity contribution >= 4 is 13.8 Å². The van der Waals surface area contributed by atoms with Gasteiger partial charge in [-0.25, -0.2) is 9.36 Å². The summed E-state index contributed by atoms with van der Waals surface area (Å²) in [7, 11) is -4.56. The molecule has 7 heteroatoms. The van der Waals surface area contributed by atoms with Gasteiger partial charge in [0, 0.05) is 6.08 Å². The number of carbonyl (C=O) groups excluding carboxylic acids is 1. The van der Waals surface area contributed by atoms with Gasteiger partial charge in [-0.3, -0.25) is 4.52 Å². The first-order valence-corrected chi connectivity index (χ1v) is 8.70. The maximum atomic E-state index is 11.5. The van der Waals surface area contributed by atoms with Gasteiger partial charge in [0.05, 0.1) is 5.60 Å². The van der Waals surface area contributed by atoms with Crippen molar-refractivity contribution in [1.29, 1.82) is 0 Å². The fourth-order valence-corrected chi connectivity index (χ4v) is 2.91. The zero-order valence-corrected chi connectivity index (χ0v) is 14.2. The van der Waals surface area contributed by atoms with Crippen LogP contribution in [0.5, 0.6) is 0 Å². The second-order valence-electron chi connectivity index (χ2n) is 5.40. The highest BCUT2D eigenvalue weighted by Gasteiger charge is 2.37. The molecule has 0 aromatic rings. The summed E-state index contributed by atoms with van der Waals surface area (Å²) in [4.78, 5) is 29.5. The largest absolute Gasteiger partial charge is 0.470 e. The topological polar surface area (TPSA) is 93.1 Å². The molecular formula is C14H27O6P. The number of ether oxygens (including phenoxy) is 1. The Balaban J connectivity index is 4.98. The van der Waals surface area contributed by atoms with E-state index in [1.807, 2.05) is 13.8 Å². The van der Waals surface area contributed by atoms with Gasteiger partial charge in [-0.1, -0.05) is 27.4 Å². The number of phosphoric acid groups is 1. The van der Waals surface area contributed by atoms with Crippen molar-refractivity contribution in [2.75, 3.05) is 0 Å². The summed E-state index contributed by atoms with van der Waals surface area (Å²) in [6.07, 6.45) is 3.62. The minimum absolute atomic E-state index is 0.376. The van der Waals surface area contributed by atoms with Crippen LogP contribution in [0.15, 0.2) is 12.7 Å². The molecule has 0 bridgehead atoms. The van der Waals surface area contributed by atoms with E-state index in [1.165, 1.54) is 0 Å². The van der Waals surface area contributed by atoms with E-state index in [0.29, 0.717) is 32.1 Å². The van der Waals surface area contributed by atoms with Gasteiger partial charge in [-0.15, -0.1) is 0 Å². The van der Waals surface area contributed by atoms with Crippen molar-refractivity contribution in [1.82, 2.24) is 0 Å². The summed E-state index contributed by atoms with van der Waals surface area (Å²) < 4.78 is 21.4. The molecular weight excluding hydrogens is 295 g/mol. The molecule has 0 saturated carbocycles. The van der Waals surface area contributed by atoms with Crippen molar-refractivity contribution in [3.8, 4) is 0 Å². The predicted octanol–water partition coefficient (Wildman–Crippen LogP) is 3.33. The van der Waals surface area contributed by atoms with E-state index in [-0.39, 0.29) is 0 Å². The fourth-order valence-electron chi connectivity index (χ4n) is 2.12. The van der Waals surface area contributed by atoms with Crippen molar-refractivity contribution < 1.29 is 28.4 Å². The molecule has 0 aliphatic heterocycles. The van der Waals surface area contributed by atoms with Gasteiger partial charge in [0.1, 0.15) is 5.60 Å². The number of rotatable bonds is 10. The lowest BCUT2D eigenvalue weighted by Crippen LogP contribution is -2.37. The molecule has 1 unspecified atom stereocenters. The molecule has 0 saturated heterocycles. The van der Waals surface area contributed by atoms with E-state index in [9.17, 15) is 9.36 Å². The fraction of sp³-hybridized carbons (Fsp3) is 0.786. The quantitative estimate of drug-likeness (QED) is 0.364. The molecule has 21 heavy (non-hydrogen) atoms. The zero-order valence-electron chi connectivity index (χ0n) is 13.3. The average molecular weight is 322 g/mol. The van der Waals surface area contributed by atoms with Crippen LogP contribution in [0.25, 0.3) is 0 Å². The van der Waals surface area contributed by atoms with Gasteiger partial charge >= 0.3 is 13.8 Å². The van der Waals surface area contributed by atoms with Crippen LogP contribution in [0.2, 0.25) is 0 Å². The molecule has 0 aliphatic rings. The van der Waals surface area contributed by atoms with Crippen LogP contribution in [0.3, 0.4) is 0 Å². The molecule has 0 aromatic heterocycles. The van der Waals surface area contributed by atoms with Crippen LogP contribution in [0.4, 0.5) is 0 Å². The van der Waals surface area contributed by atoms with Crippen LogP contribution in [0, 0.1) is 0 Å². The molecule has 0 amide bonds. The lowest BCUT2D eigenvalue weighted by atomic mass is 9.85. The molecule has 0 aromatic carbocycles. The third-order valence-corrected chi connectivity index (χ3v) is 4.65. The van der Waals surface area contributed by atoms with E-state index in [2.05, 4.69) is 6.58 Å². The van der Waals surface area contributed by atoms with Crippen LogP contribution in [-0.4, -0.2) is 27.0 Å². The highest BCUT2D eigenvalue weighted by atomic mass is 31.2. The van der Waals surface area contributed by atoms with E-state index < -0.39 is 25.0 Å². The number of carbonyl (C=O) groups is 1. The molecule has 0 aliphatic carbocycles. The highest BCUT2D eigenvalue weighted by molar-refractivity contribution is 7.46. The summed E-state index contributed by atoms with van der Waals surface area (Å²) in [5, 5.41) is 0. The van der Waals surface area contributed by atoms with Crippen molar-refractivity contribution in [2.24, 2.45) is 0 Å². The standard InChI is InChI=1S/C14H27O6P/c1-6-12(15)19-14(8-3,9-4)11-10-13(5,7-2)20-21(16,17)18/h6H,1,7-11H2,2-5H3,(H2,16,17,18). The Labute approximate surface area is 126 Å². The van der Waals surface area contributed by atoms with Gasteiger partial charge in [-0.05, 0) is 39.0 Å².